The van der Waals surface area contributed by atoms with Gasteiger partial charge in [0.05, 0.1) is 7.11 Å². The first kappa shape index (κ1) is 17.6. The number of hydrogen-bond acceptors (Lipinski definition) is 4. The second-order valence-corrected chi connectivity index (χ2v) is 5.97. The van der Waals surface area contributed by atoms with Crippen LogP contribution in [0.15, 0.2) is 29.3 Å². The summed E-state index contributed by atoms with van der Waals surface area (Å²) in [6.45, 7) is 6.54. The number of likely N-dealkylation sites (N-methyl/N-ethyl adjacent to an activating group) is 1. The summed E-state index contributed by atoms with van der Waals surface area (Å²) < 4.78 is 5.13. The number of nitrogens with one attached hydrogen (secondary N) is 1. The quantitative estimate of drug-likeness (QED) is 0.472. The van der Waals surface area contributed by atoms with Crippen molar-refractivity contribution in [2.24, 2.45) is 10.7 Å². The van der Waals surface area contributed by atoms with Gasteiger partial charge >= 0.3 is 0 Å². The van der Waals surface area contributed by atoms with Crippen molar-refractivity contribution in [3.05, 3.63) is 24.3 Å². The van der Waals surface area contributed by atoms with Crippen LogP contribution in [0.3, 0.4) is 0 Å². The highest BCUT2D eigenvalue weighted by atomic mass is 16.5. The lowest BCUT2D eigenvalue weighted by Gasteiger charge is -2.19. The minimum absolute atomic E-state index is 0.464. The molecule has 2 rings (SSSR count). The molecule has 1 aliphatic heterocycles. The van der Waals surface area contributed by atoms with E-state index < -0.39 is 0 Å². The van der Waals surface area contributed by atoms with Crippen molar-refractivity contribution in [1.82, 2.24) is 9.80 Å². The lowest BCUT2D eigenvalue weighted by Crippen LogP contribution is -2.30. The number of ether oxygens (including phenoxy) is 1. The molecular formula is C17H29N5O. The number of nitrogens with two attached hydrogens (primary N) is 1. The number of benzene rings is 1. The number of guanidine groups is 1. The Kier molecular flexibility index (Phi) is 7.16. The summed E-state index contributed by atoms with van der Waals surface area (Å²) in [6, 6.07) is 7.64. The largest absolute Gasteiger partial charge is 0.497 e. The van der Waals surface area contributed by atoms with Crippen LogP contribution in [0.2, 0.25) is 0 Å². The molecule has 0 bridgehead atoms. The molecule has 1 aliphatic rings. The maximum atomic E-state index is 5.93. The van der Waals surface area contributed by atoms with Crippen LogP contribution in [0.5, 0.6) is 5.75 Å². The van der Waals surface area contributed by atoms with Crippen molar-refractivity contribution in [2.45, 2.75) is 12.8 Å². The molecule has 6 nitrogen and oxygen atoms in total. The van der Waals surface area contributed by atoms with Crippen LogP contribution in [-0.2, 0) is 0 Å². The van der Waals surface area contributed by atoms with Crippen LogP contribution in [0.25, 0.3) is 0 Å². The lowest BCUT2D eigenvalue weighted by molar-refractivity contribution is 0.275. The van der Waals surface area contributed by atoms with E-state index in [9.17, 15) is 0 Å². The average Bonchev–Trinajstić information content (AvgIpc) is 2.77. The van der Waals surface area contributed by atoms with Crippen molar-refractivity contribution in [3.63, 3.8) is 0 Å². The number of hydrogen-bond donors (Lipinski definition) is 2. The van der Waals surface area contributed by atoms with Gasteiger partial charge in [0.2, 0.25) is 0 Å². The summed E-state index contributed by atoms with van der Waals surface area (Å²) in [5.41, 5.74) is 6.85. The predicted octanol–water partition coefficient (Wildman–Crippen LogP) is 1.45. The van der Waals surface area contributed by atoms with Crippen molar-refractivity contribution < 1.29 is 4.74 Å². The van der Waals surface area contributed by atoms with Crippen LogP contribution >= 0.6 is 0 Å². The average molecular weight is 319 g/mol. The van der Waals surface area contributed by atoms with E-state index in [0.29, 0.717) is 5.96 Å². The summed E-state index contributed by atoms with van der Waals surface area (Å²) in [5.74, 6) is 1.29. The van der Waals surface area contributed by atoms with Crippen LogP contribution in [0.1, 0.15) is 12.8 Å². The summed E-state index contributed by atoms with van der Waals surface area (Å²) >= 11 is 0. The van der Waals surface area contributed by atoms with E-state index >= 15 is 0 Å². The van der Waals surface area contributed by atoms with Gasteiger partial charge in [-0.1, -0.05) is 0 Å². The first-order valence-corrected chi connectivity index (χ1v) is 8.29. The number of aliphatic imine (C=N–C) groups is 1. The summed E-state index contributed by atoms with van der Waals surface area (Å²) in [5, 5.41) is 3.10. The highest BCUT2D eigenvalue weighted by Gasteiger charge is 2.10. The van der Waals surface area contributed by atoms with Crippen LogP contribution in [-0.4, -0.2) is 69.2 Å². The van der Waals surface area contributed by atoms with Gasteiger partial charge in [-0.05, 0) is 63.8 Å². The Morgan fingerprint density at radius 1 is 1.22 bits per heavy atom. The van der Waals surface area contributed by atoms with E-state index in [1.807, 2.05) is 24.3 Å². The fourth-order valence-electron chi connectivity index (χ4n) is 2.68. The van der Waals surface area contributed by atoms with Crippen LogP contribution in [0, 0.1) is 0 Å². The van der Waals surface area contributed by atoms with Crippen LogP contribution < -0.4 is 15.8 Å². The monoisotopic (exact) mass is 319 g/mol. The van der Waals surface area contributed by atoms with Crippen molar-refractivity contribution >= 4 is 11.6 Å². The highest BCUT2D eigenvalue weighted by molar-refractivity contribution is 5.92. The molecule has 1 heterocycles. The van der Waals surface area contributed by atoms with Gasteiger partial charge in [0.25, 0.3) is 0 Å². The topological polar surface area (TPSA) is 66.1 Å². The van der Waals surface area contributed by atoms with Crippen molar-refractivity contribution in [2.75, 3.05) is 58.7 Å². The molecular weight excluding hydrogens is 290 g/mol. The maximum Gasteiger partial charge on any atom is 0.193 e. The zero-order valence-corrected chi connectivity index (χ0v) is 14.3. The summed E-state index contributed by atoms with van der Waals surface area (Å²) in [6.07, 6.45) is 2.29. The van der Waals surface area contributed by atoms with Gasteiger partial charge in [-0.15, -0.1) is 0 Å². The second kappa shape index (κ2) is 9.37. The standard InChI is InChI=1S/C17H29N5O/c1-21-10-4-12-22(14-13-21)11-3-9-19-17(18)20-15-5-7-16(23-2)8-6-15/h5-8H,3-4,9-14H2,1-2H3,(H3,18,19,20). The molecule has 0 radical (unpaired) electrons. The molecule has 0 aromatic heterocycles. The normalized spacial score (nSPS) is 17.7. The van der Waals surface area contributed by atoms with Gasteiger partial charge in [-0.2, -0.15) is 0 Å². The van der Waals surface area contributed by atoms with Gasteiger partial charge in [-0.3, -0.25) is 4.99 Å². The van der Waals surface area contributed by atoms with Crippen molar-refractivity contribution in [1.29, 1.82) is 0 Å². The molecule has 0 atom stereocenters. The molecule has 1 saturated heterocycles. The Morgan fingerprint density at radius 2 is 2.00 bits per heavy atom. The van der Waals surface area contributed by atoms with Gasteiger partial charge in [0.15, 0.2) is 5.96 Å². The first-order chi connectivity index (χ1) is 11.2. The molecule has 1 fully saturated rings. The Morgan fingerprint density at radius 3 is 2.74 bits per heavy atom. The second-order valence-electron chi connectivity index (χ2n) is 5.97. The Labute approximate surface area is 139 Å². The van der Waals surface area contributed by atoms with E-state index in [2.05, 4.69) is 27.2 Å². The molecule has 6 heteroatoms. The van der Waals surface area contributed by atoms with Gasteiger partial charge in [0, 0.05) is 25.3 Å². The number of nitrogens with zero attached hydrogens (tertiary/aromatic N) is 3. The molecule has 0 spiro atoms. The van der Waals surface area contributed by atoms with Gasteiger partial charge in [-0.25, -0.2) is 0 Å². The zero-order valence-electron chi connectivity index (χ0n) is 14.3. The zero-order chi connectivity index (χ0) is 16.5. The van der Waals surface area contributed by atoms with E-state index in [0.717, 1.165) is 44.0 Å². The smallest absolute Gasteiger partial charge is 0.193 e. The molecule has 0 unspecified atom stereocenters. The molecule has 1 aromatic rings. The third-order valence-corrected chi connectivity index (χ3v) is 4.09. The third kappa shape index (κ3) is 6.46. The first-order valence-electron chi connectivity index (χ1n) is 8.29. The fourth-order valence-corrected chi connectivity index (χ4v) is 2.68. The fraction of sp³-hybridized carbons (Fsp3) is 0.588. The Hall–Kier alpha value is -1.79. The highest BCUT2D eigenvalue weighted by Crippen LogP contribution is 2.14. The van der Waals surface area contributed by atoms with E-state index in [1.165, 1.54) is 19.5 Å². The van der Waals surface area contributed by atoms with Gasteiger partial charge < -0.3 is 25.6 Å². The molecule has 3 N–H and O–H groups in total. The number of anilines is 1. The lowest BCUT2D eigenvalue weighted by atomic mass is 10.3. The van der Waals surface area contributed by atoms with Crippen molar-refractivity contribution in [3.8, 4) is 5.75 Å². The molecule has 128 valence electrons. The summed E-state index contributed by atoms with van der Waals surface area (Å²) in [7, 11) is 3.85. The SMILES string of the molecule is COc1ccc(NC(N)=NCCCN2CCCN(C)CC2)cc1. The minimum Gasteiger partial charge on any atom is -0.497 e. The molecule has 0 aliphatic carbocycles. The van der Waals surface area contributed by atoms with E-state index in [4.69, 9.17) is 10.5 Å². The summed E-state index contributed by atoms with van der Waals surface area (Å²) in [4.78, 5) is 9.32. The van der Waals surface area contributed by atoms with Gasteiger partial charge in [0.1, 0.15) is 5.75 Å². The molecule has 23 heavy (non-hydrogen) atoms. The third-order valence-electron chi connectivity index (χ3n) is 4.09. The maximum absolute atomic E-state index is 5.93. The predicted molar refractivity (Wildman–Crippen MR) is 96.3 cm³/mol. The number of rotatable bonds is 6. The van der Waals surface area contributed by atoms with Crippen LogP contribution in [0.4, 0.5) is 5.69 Å². The van der Waals surface area contributed by atoms with E-state index in [1.54, 1.807) is 7.11 Å². The molecule has 1 aromatic carbocycles. The van der Waals surface area contributed by atoms with E-state index in [-0.39, 0.29) is 0 Å². The Bertz CT molecular complexity index is 488. The Balaban J connectivity index is 1.67. The molecule has 0 amide bonds. The minimum atomic E-state index is 0.464. The molecule has 0 saturated carbocycles. The number of methoxy groups -OCH3 is 1.